The van der Waals surface area contributed by atoms with Gasteiger partial charge in [-0.1, -0.05) is 20.8 Å². The van der Waals surface area contributed by atoms with Gasteiger partial charge in [-0.2, -0.15) is 37.9 Å². The van der Waals surface area contributed by atoms with E-state index < -0.39 is 35.0 Å². The van der Waals surface area contributed by atoms with Crippen molar-refractivity contribution in [1.82, 2.24) is 13.7 Å². The number of rotatable bonds is 18. The lowest BCUT2D eigenvalue weighted by Gasteiger charge is -2.15. The standard InChI is InChI=1S/C24H39N3O9S3/c1-4-16(37)13-19(28)34-10-7-25-22(31)26(8-11-35-20(29)14-17(38)5-2)24(33)27(23(25)32)9-12-36-21(30)15-18(39)6-3/h16-18,37-39H,4-15H2,1-3H3. The molecule has 0 aliphatic rings. The van der Waals surface area contributed by atoms with Crippen LogP contribution < -0.4 is 17.1 Å². The van der Waals surface area contributed by atoms with Crippen molar-refractivity contribution in [2.75, 3.05) is 19.8 Å². The number of nitrogens with zero attached hydrogens (tertiary/aromatic N) is 3. The minimum atomic E-state index is -0.951. The maximum atomic E-state index is 13.0. The van der Waals surface area contributed by atoms with E-state index in [0.29, 0.717) is 19.3 Å². The third-order valence-electron chi connectivity index (χ3n) is 5.74. The highest BCUT2D eigenvalue weighted by Crippen LogP contribution is 2.08. The lowest BCUT2D eigenvalue weighted by atomic mass is 10.2. The minimum absolute atomic E-state index is 0.0608. The first kappa shape index (κ1) is 34.9. The Balaban J connectivity index is 3.11. The number of esters is 3. The first-order valence-corrected chi connectivity index (χ1v) is 14.4. The van der Waals surface area contributed by atoms with Crippen molar-refractivity contribution < 1.29 is 28.6 Å². The summed E-state index contributed by atoms with van der Waals surface area (Å²) in [6, 6.07) is 0. The normalized spacial score (nSPS) is 13.4. The summed E-state index contributed by atoms with van der Waals surface area (Å²) < 4.78 is 17.6. The molecule has 0 radical (unpaired) electrons. The van der Waals surface area contributed by atoms with Crippen LogP contribution in [0.3, 0.4) is 0 Å². The number of carbonyl (C=O) groups is 3. The number of aromatic nitrogens is 3. The van der Waals surface area contributed by atoms with Crippen LogP contribution in [0.15, 0.2) is 14.4 Å². The van der Waals surface area contributed by atoms with Crippen LogP contribution in [0, 0.1) is 0 Å². The van der Waals surface area contributed by atoms with Gasteiger partial charge in [0.1, 0.15) is 19.8 Å². The van der Waals surface area contributed by atoms with Gasteiger partial charge in [0, 0.05) is 15.7 Å². The van der Waals surface area contributed by atoms with Crippen molar-refractivity contribution in [1.29, 1.82) is 0 Å². The molecule has 0 saturated heterocycles. The Morgan fingerprint density at radius 3 is 1.00 bits per heavy atom. The summed E-state index contributed by atoms with van der Waals surface area (Å²) in [5.74, 6) is -1.62. The molecule has 0 aliphatic carbocycles. The van der Waals surface area contributed by atoms with Crippen LogP contribution in [0.25, 0.3) is 0 Å². The number of carbonyl (C=O) groups excluding carboxylic acids is 3. The van der Waals surface area contributed by atoms with E-state index in [-0.39, 0.29) is 74.5 Å². The first-order chi connectivity index (χ1) is 18.4. The van der Waals surface area contributed by atoms with Gasteiger partial charge in [0.15, 0.2) is 0 Å². The number of hydrogen-bond donors (Lipinski definition) is 3. The molecule has 222 valence electrons. The van der Waals surface area contributed by atoms with Crippen LogP contribution in [-0.2, 0) is 48.2 Å². The lowest BCUT2D eigenvalue weighted by molar-refractivity contribution is -0.144. The fourth-order valence-electron chi connectivity index (χ4n) is 3.20. The summed E-state index contributed by atoms with van der Waals surface area (Å²) >= 11 is 12.7. The molecule has 3 unspecified atom stereocenters. The van der Waals surface area contributed by atoms with Crippen LogP contribution in [0.1, 0.15) is 59.3 Å². The van der Waals surface area contributed by atoms with Crippen molar-refractivity contribution in [3.8, 4) is 0 Å². The van der Waals surface area contributed by atoms with E-state index in [1.54, 1.807) is 0 Å². The summed E-state index contributed by atoms with van der Waals surface area (Å²) in [5, 5.41) is -0.555. The SMILES string of the molecule is CCC(S)CC(=O)OCCn1c(=O)n(CCOC(=O)CC(S)CC)c(=O)n(CCOC(=O)CC(S)CC)c1=O. The van der Waals surface area contributed by atoms with E-state index in [0.717, 1.165) is 13.7 Å². The molecule has 1 heterocycles. The van der Waals surface area contributed by atoms with Crippen molar-refractivity contribution in [3.05, 3.63) is 31.5 Å². The predicted octanol–water partition coefficient (Wildman–Crippen LogP) is 1.10. The monoisotopic (exact) mass is 609 g/mol. The smallest absolute Gasteiger partial charge is 0.336 e. The van der Waals surface area contributed by atoms with Crippen molar-refractivity contribution in [2.45, 2.75) is 94.7 Å². The van der Waals surface area contributed by atoms with Gasteiger partial charge < -0.3 is 14.2 Å². The molecule has 0 bridgehead atoms. The van der Waals surface area contributed by atoms with Gasteiger partial charge in [0.05, 0.1) is 38.9 Å². The lowest BCUT2D eigenvalue weighted by Crippen LogP contribution is -2.55. The third-order valence-corrected chi connectivity index (χ3v) is 7.38. The van der Waals surface area contributed by atoms with Gasteiger partial charge in [-0.05, 0) is 19.3 Å². The molecule has 15 heteroatoms. The molecule has 0 aromatic carbocycles. The Labute approximate surface area is 243 Å². The second-order valence-electron chi connectivity index (χ2n) is 8.76. The molecule has 0 fully saturated rings. The third kappa shape index (κ3) is 12.3. The van der Waals surface area contributed by atoms with Gasteiger partial charge in [0.2, 0.25) is 0 Å². The first-order valence-electron chi connectivity index (χ1n) is 12.9. The average Bonchev–Trinajstić information content (AvgIpc) is 2.89. The van der Waals surface area contributed by atoms with Crippen LogP contribution in [0.4, 0.5) is 0 Å². The van der Waals surface area contributed by atoms with Gasteiger partial charge in [-0.3, -0.25) is 14.4 Å². The minimum Gasteiger partial charge on any atom is -0.464 e. The second kappa shape index (κ2) is 18.3. The van der Waals surface area contributed by atoms with Crippen molar-refractivity contribution >= 4 is 55.8 Å². The molecular weight excluding hydrogens is 570 g/mol. The number of hydrogen-bond acceptors (Lipinski definition) is 12. The van der Waals surface area contributed by atoms with Gasteiger partial charge in [-0.25, -0.2) is 28.1 Å². The van der Waals surface area contributed by atoms with Crippen LogP contribution in [0.2, 0.25) is 0 Å². The fourth-order valence-corrected chi connectivity index (χ4v) is 3.64. The summed E-state index contributed by atoms with van der Waals surface area (Å²) in [5.41, 5.74) is -2.85. The van der Waals surface area contributed by atoms with E-state index in [1.807, 2.05) is 20.8 Å². The number of ether oxygens (including phenoxy) is 3. The fraction of sp³-hybridized carbons (Fsp3) is 0.750. The summed E-state index contributed by atoms with van der Waals surface area (Å²) in [7, 11) is 0. The van der Waals surface area contributed by atoms with E-state index in [9.17, 15) is 28.8 Å². The van der Waals surface area contributed by atoms with Crippen molar-refractivity contribution in [3.63, 3.8) is 0 Å². The summed E-state index contributed by atoms with van der Waals surface area (Å²) in [6.07, 6.45) is 2.15. The Bertz CT molecular complexity index is 964. The van der Waals surface area contributed by atoms with Crippen LogP contribution in [-0.4, -0.2) is 67.2 Å². The average molecular weight is 610 g/mol. The molecule has 3 atom stereocenters. The maximum absolute atomic E-state index is 13.0. The summed E-state index contributed by atoms with van der Waals surface area (Å²) in [4.78, 5) is 74.9. The Kier molecular flexibility index (Phi) is 16.3. The molecule has 0 N–H and O–H groups in total. The maximum Gasteiger partial charge on any atom is 0.336 e. The van der Waals surface area contributed by atoms with Crippen molar-refractivity contribution in [2.24, 2.45) is 0 Å². The molecule has 0 spiro atoms. The van der Waals surface area contributed by atoms with Crippen LogP contribution in [0.5, 0.6) is 0 Å². The zero-order chi connectivity index (χ0) is 29.5. The zero-order valence-corrected chi connectivity index (χ0v) is 25.3. The van der Waals surface area contributed by atoms with Crippen LogP contribution >= 0.6 is 37.9 Å². The molecular formula is C24H39N3O9S3. The predicted molar refractivity (Wildman–Crippen MR) is 155 cm³/mol. The zero-order valence-electron chi connectivity index (χ0n) is 22.6. The Hall–Kier alpha value is -2.13. The Morgan fingerprint density at radius 1 is 0.564 bits per heavy atom. The highest BCUT2D eigenvalue weighted by atomic mass is 32.1. The highest BCUT2D eigenvalue weighted by Gasteiger charge is 2.18. The quantitative estimate of drug-likeness (QED) is 0.127. The van der Waals surface area contributed by atoms with Gasteiger partial charge in [-0.15, -0.1) is 0 Å². The Morgan fingerprint density at radius 2 is 0.795 bits per heavy atom. The van der Waals surface area contributed by atoms with E-state index in [1.165, 1.54) is 0 Å². The van der Waals surface area contributed by atoms with Gasteiger partial charge >= 0.3 is 35.0 Å². The summed E-state index contributed by atoms with van der Waals surface area (Å²) in [6.45, 7) is 3.78. The van der Waals surface area contributed by atoms with E-state index in [2.05, 4.69) is 37.9 Å². The topological polar surface area (TPSA) is 145 Å². The largest absolute Gasteiger partial charge is 0.464 e. The molecule has 1 aromatic heterocycles. The molecule has 0 saturated carbocycles. The molecule has 1 rings (SSSR count). The number of thiol groups is 3. The molecule has 0 amide bonds. The molecule has 0 aliphatic heterocycles. The van der Waals surface area contributed by atoms with E-state index >= 15 is 0 Å². The highest BCUT2D eigenvalue weighted by molar-refractivity contribution is 7.81. The molecule has 39 heavy (non-hydrogen) atoms. The van der Waals surface area contributed by atoms with Gasteiger partial charge in [0.25, 0.3) is 0 Å². The molecule has 1 aromatic rings. The second-order valence-corrected chi connectivity index (χ2v) is 11.0. The molecule has 12 nitrogen and oxygen atoms in total. The van der Waals surface area contributed by atoms with E-state index in [4.69, 9.17) is 14.2 Å².